The number of hydrogen-bond donors (Lipinski definition) is 1. The first-order valence-corrected chi connectivity index (χ1v) is 9.12. The Kier molecular flexibility index (Phi) is 4.00. The largest absolute Gasteiger partial charge is 0.245 e. The predicted octanol–water partition coefficient (Wildman–Crippen LogP) is 3.16. The van der Waals surface area contributed by atoms with Gasteiger partial charge in [0, 0.05) is 17.1 Å². The van der Waals surface area contributed by atoms with E-state index in [0.717, 1.165) is 30.7 Å². The molecule has 0 aliphatic heterocycles. The van der Waals surface area contributed by atoms with Crippen molar-refractivity contribution in [3.8, 4) is 0 Å². The molecule has 4 nitrogen and oxygen atoms in total. The van der Waals surface area contributed by atoms with Crippen molar-refractivity contribution in [3.63, 3.8) is 0 Å². The van der Waals surface area contributed by atoms with E-state index in [1.54, 1.807) is 0 Å². The summed E-state index contributed by atoms with van der Waals surface area (Å²) in [5.74, 6) is -1.74. The average molecular weight is 344 g/mol. The number of nitrogens with one attached hydrogen (secondary N) is 1. The molecule has 1 unspecified atom stereocenters. The van der Waals surface area contributed by atoms with Crippen LogP contribution in [-0.2, 0) is 10.0 Å². The Labute approximate surface area is 131 Å². The molecule has 1 saturated carbocycles. The number of rotatable bonds is 5. The third kappa shape index (κ3) is 3.18. The fourth-order valence-electron chi connectivity index (χ4n) is 2.22. The molecular weight excluding hydrogens is 330 g/mol. The highest BCUT2D eigenvalue weighted by Gasteiger charge is 2.37. The third-order valence-electron chi connectivity index (χ3n) is 3.46. The second-order valence-electron chi connectivity index (χ2n) is 5.34. The van der Waals surface area contributed by atoms with Crippen LogP contribution in [0.5, 0.6) is 0 Å². The molecule has 0 bridgehead atoms. The SMILES string of the molecule is Cc1csc(C(NS(=O)(=O)c2ccc(F)cc2F)C2CC2)n1. The van der Waals surface area contributed by atoms with Crippen molar-refractivity contribution in [2.45, 2.75) is 30.7 Å². The van der Waals surface area contributed by atoms with Gasteiger partial charge in [0.05, 0.1) is 6.04 Å². The van der Waals surface area contributed by atoms with Crippen molar-refractivity contribution in [2.24, 2.45) is 5.92 Å². The van der Waals surface area contributed by atoms with Crippen LogP contribution in [0.1, 0.15) is 29.6 Å². The highest BCUT2D eigenvalue weighted by Crippen LogP contribution is 2.42. The van der Waals surface area contributed by atoms with Crippen molar-refractivity contribution in [2.75, 3.05) is 0 Å². The number of aromatic nitrogens is 1. The van der Waals surface area contributed by atoms with Crippen LogP contribution in [0.4, 0.5) is 8.78 Å². The fraction of sp³-hybridized carbons (Fsp3) is 0.357. The summed E-state index contributed by atoms with van der Waals surface area (Å²) in [6.07, 6.45) is 1.80. The zero-order valence-electron chi connectivity index (χ0n) is 11.7. The van der Waals surface area contributed by atoms with Gasteiger partial charge in [-0.25, -0.2) is 26.9 Å². The van der Waals surface area contributed by atoms with Crippen LogP contribution in [0.25, 0.3) is 0 Å². The Hall–Kier alpha value is -1.38. The van der Waals surface area contributed by atoms with Gasteiger partial charge in [-0.1, -0.05) is 0 Å². The number of benzene rings is 1. The van der Waals surface area contributed by atoms with Crippen LogP contribution >= 0.6 is 11.3 Å². The van der Waals surface area contributed by atoms with Crippen molar-refractivity contribution >= 4 is 21.4 Å². The second-order valence-corrected chi connectivity index (χ2v) is 7.91. The highest BCUT2D eigenvalue weighted by atomic mass is 32.2. The fourth-order valence-corrected chi connectivity index (χ4v) is 4.56. The Bertz CT molecular complexity index is 801. The number of hydrogen-bond acceptors (Lipinski definition) is 4. The summed E-state index contributed by atoms with van der Waals surface area (Å²) in [6, 6.07) is 1.96. The molecule has 22 heavy (non-hydrogen) atoms. The lowest BCUT2D eigenvalue weighted by molar-refractivity contribution is 0.514. The van der Waals surface area contributed by atoms with E-state index in [1.165, 1.54) is 11.3 Å². The molecule has 3 rings (SSSR count). The molecule has 1 aromatic heterocycles. The smallest absolute Gasteiger partial charge is 0.244 e. The van der Waals surface area contributed by atoms with Gasteiger partial charge >= 0.3 is 0 Å². The quantitative estimate of drug-likeness (QED) is 0.906. The predicted molar refractivity (Wildman–Crippen MR) is 79.0 cm³/mol. The molecule has 0 spiro atoms. The first kappa shape index (κ1) is 15.5. The molecule has 1 atom stereocenters. The lowest BCUT2D eigenvalue weighted by Crippen LogP contribution is -2.30. The summed E-state index contributed by atoms with van der Waals surface area (Å²) >= 11 is 1.38. The molecule has 1 N–H and O–H groups in total. The average Bonchev–Trinajstić information content (AvgIpc) is 3.17. The summed E-state index contributed by atoms with van der Waals surface area (Å²) in [6.45, 7) is 1.83. The van der Waals surface area contributed by atoms with Gasteiger partial charge in [-0.2, -0.15) is 0 Å². The zero-order chi connectivity index (χ0) is 15.9. The van der Waals surface area contributed by atoms with E-state index in [-0.39, 0.29) is 5.92 Å². The maximum Gasteiger partial charge on any atom is 0.244 e. The molecule has 0 amide bonds. The molecular formula is C14H14F2N2O2S2. The van der Waals surface area contributed by atoms with Gasteiger partial charge in [0.2, 0.25) is 10.0 Å². The first-order valence-electron chi connectivity index (χ1n) is 6.76. The minimum atomic E-state index is -4.08. The maximum absolute atomic E-state index is 13.7. The van der Waals surface area contributed by atoms with Crippen molar-refractivity contribution in [1.29, 1.82) is 0 Å². The molecule has 1 aromatic carbocycles. The Morgan fingerprint density at radius 2 is 2.09 bits per heavy atom. The standard InChI is InChI=1S/C14H14F2N2O2S2/c1-8-7-21-14(17-8)13(9-2-3-9)18-22(19,20)12-5-4-10(15)6-11(12)16/h4-7,9,13,18H,2-3H2,1H3. The van der Waals surface area contributed by atoms with Gasteiger partial charge in [-0.15, -0.1) is 11.3 Å². The summed E-state index contributed by atoms with van der Waals surface area (Å²) in [4.78, 5) is 3.78. The van der Waals surface area contributed by atoms with Crippen molar-refractivity contribution < 1.29 is 17.2 Å². The Morgan fingerprint density at radius 3 is 2.64 bits per heavy atom. The summed E-state index contributed by atoms with van der Waals surface area (Å²) in [7, 11) is -4.08. The molecule has 1 fully saturated rings. The number of aryl methyl sites for hydroxylation is 1. The second kappa shape index (κ2) is 5.68. The van der Waals surface area contributed by atoms with E-state index in [0.29, 0.717) is 11.1 Å². The maximum atomic E-state index is 13.7. The Morgan fingerprint density at radius 1 is 1.36 bits per heavy atom. The monoisotopic (exact) mass is 344 g/mol. The zero-order valence-corrected chi connectivity index (χ0v) is 13.3. The van der Waals surface area contributed by atoms with E-state index in [4.69, 9.17) is 0 Å². The molecule has 2 aromatic rings. The molecule has 118 valence electrons. The topological polar surface area (TPSA) is 59.1 Å². The number of thiazole rings is 1. The van der Waals surface area contributed by atoms with Crippen LogP contribution in [0.15, 0.2) is 28.5 Å². The number of halogens is 2. The van der Waals surface area contributed by atoms with E-state index in [9.17, 15) is 17.2 Å². The molecule has 0 radical (unpaired) electrons. The Balaban J connectivity index is 1.91. The molecule has 1 aliphatic rings. The molecule has 1 heterocycles. The van der Waals surface area contributed by atoms with Crippen molar-refractivity contribution in [3.05, 3.63) is 45.9 Å². The van der Waals surface area contributed by atoms with Crippen LogP contribution in [-0.4, -0.2) is 13.4 Å². The van der Waals surface area contributed by atoms with Gasteiger partial charge < -0.3 is 0 Å². The lowest BCUT2D eigenvalue weighted by atomic mass is 10.2. The molecule has 8 heteroatoms. The summed E-state index contributed by atoms with van der Waals surface area (Å²) < 4.78 is 54.0. The minimum Gasteiger partial charge on any atom is -0.245 e. The first-order chi connectivity index (χ1) is 10.4. The van der Waals surface area contributed by atoms with Gasteiger partial charge in [-0.05, 0) is 37.8 Å². The minimum absolute atomic E-state index is 0.170. The van der Waals surface area contributed by atoms with E-state index < -0.39 is 32.6 Å². The number of nitrogens with zero attached hydrogens (tertiary/aromatic N) is 1. The van der Waals surface area contributed by atoms with Crippen LogP contribution in [0.2, 0.25) is 0 Å². The van der Waals surface area contributed by atoms with Gasteiger partial charge in [0.15, 0.2) is 0 Å². The lowest BCUT2D eigenvalue weighted by Gasteiger charge is -2.16. The van der Waals surface area contributed by atoms with E-state index >= 15 is 0 Å². The van der Waals surface area contributed by atoms with Crippen LogP contribution in [0, 0.1) is 24.5 Å². The van der Waals surface area contributed by atoms with E-state index in [2.05, 4.69) is 9.71 Å². The van der Waals surface area contributed by atoms with Gasteiger partial charge in [0.1, 0.15) is 21.5 Å². The third-order valence-corrected chi connectivity index (χ3v) is 5.98. The summed E-state index contributed by atoms with van der Waals surface area (Å²) in [5.41, 5.74) is 0.817. The van der Waals surface area contributed by atoms with Crippen LogP contribution in [0.3, 0.4) is 0 Å². The van der Waals surface area contributed by atoms with Gasteiger partial charge in [0.25, 0.3) is 0 Å². The summed E-state index contributed by atoms with van der Waals surface area (Å²) in [5, 5.41) is 2.52. The molecule has 1 aliphatic carbocycles. The van der Waals surface area contributed by atoms with Gasteiger partial charge in [-0.3, -0.25) is 0 Å². The van der Waals surface area contributed by atoms with Crippen LogP contribution < -0.4 is 4.72 Å². The normalized spacial score (nSPS) is 16.7. The highest BCUT2D eigenvalue weighted by molar-refractivity contribution is 7.89. The van der Waals surface area contributed by atoms with Crippen molar-refractivity contribution in [1.82, 2.24) is 9.71 Å². The number of sulfonamides is 1. The van der Waals surface area contributed by atoms with E-state index in [1.807, 2.05) is 12.3 Å². The molecule has 0 saturated heterocycles.